The number of nitrogens with zero attached hydrogens (tertiary/aromatic N) is 2. The van der Waals surface area contributed by atoms with Gasteiger partial charge in [0.25, 0.3) is 0 Å². The lowest BCUT2D eigenvalue weighted by molar-refractivity contribution is -0.117. The average Bonchev–Trinajstić information content (AvgIpc) is 2.45. The van der Waals surface area contributed by atoms with Crippen molar-refractivity contribution < 1.29 is 4.79 Å². The third-order valence-corrected chi connectivity index (χ3v) is 3.20. The molecule has 0 aromatic carbocycles. The summed E-state index contributed by atoms with van der Waals surface area (Å²) in [5, 5.41) is 0.0805. The number of thiol groups is 1. The van der Waals surface area contributed by atoms with E-state index >= 15 is 0 Å². The number of nitrogens with two attached hydrogens (primary N) is 1. The van der Waals surface area contributed by atoms with Crippen LogP contribution in [0.5, 0.6) is 0 Å². The van der Waals surface area contributed by atoms with Crippen molar-refractivity contribution in [3.63, 3.8) is 0 Å². The average molecular weight is 288 g/mol. The second-order valence-electron chi connectivity index (χ2n) is 3.42. The molecule has 1 aromatic heterocycles. The SMILES string of the molecule is Nc1cncc(Br)c1N1CC(S)CC1=O. The summed E-state index contributed by atoms with van der Waals surface area (Å²) in [5.74, 6) is 0.0496. The Morgan fingerprint density at radius 2 is 2.33 bits per heavy atom. The van der Waals surface area contributed by atoms with Crippen molar-refractivity contribution in [2.45, 2.75) is 11.7 Å². The lowest BCUT2D eigenvalue weighted by Crippen LogP contribution is -2.26. The number of hydrogen-bond donors (Lipinski definition) is 2. The molecule has 0 saturated carbocycles. The fourth-order valence-electron chi connectivity index (χ4n) is 1.63. The molecule has 1 aliphatic heterocycles. The van der Waals surface area contributed by atoms with Crippen LogP contribution in [0.4, 0.5) is 11.4 Å². The number of amides is 1. The first-order valence-corrected chi connectivity index (χ1v) is 5.78. The number of anilines is 2. The number of nitrogen functional groups attached to an aromatic ring is 1. The molecule has 2 heterocycles. The monoisotopic (exact) mass is 287 g/mol. The number of carbonyl (C=O) groups excluding carboxylic acids is 1. The van der Waals surface area contributed by atoms with Crippen molar-refractivity contribution in [1.82, 2.24) is 4.98 Å². The molecule has 0 bridgehead atoms. The molecule has 2 rings (SSSR count). The van der Waals surface area contributed by atoms with E-state index in [0.29, 0.717) is 24.3 Å². The van der Waals surface area contributed by atoms with Crippen molar-refractivity contribution >= 4 is 45.8 Å². The van der Waals surface area contributed by atoms with Gasteiger partial charge in [0.15, 0.2) is 0 Å². The van der Waals surface area contributed by atoms with Crippen LogP contribution in [0.25, 0.3) is 0 Å². The van der Waals surface area contributed by atoms with Crippen molar-refractivity contribution in [1.29, 1.82) is 0 Å². The predicted molar refractivity (Wildman–Crippen MR) is 66.1 cm³/mol. The highest BCUT2D eigenvalue weighted by atomic mass is 79.9. The normalized spacial score (nSPS) is 21.1. The maximum absolute atomic E-state index is 11.7. The number of halogens is 1. The first kappa shape index (κ1) is 10.8. The van der Waals surface area contributed by atoms with Crippen molar-refractivity contribution in [3.05, 3.63) is 16.9 Å². The minimum atomic E-state index is 0.0496. The molecule has 1 aromatic rings. The molecule has 1 saturated heterocycles. The molecule has 0 radical (unpaired) electrons. The highest BCUT2D eigenvalue weighted by Gasteiger charge is 2.30. The summed E-state index contributed by atoms with van der Waals surface area (Å²) < 4.78 is 0.735. The number of aromatic nitrogens is 1. The first-order valence-electron chi connectivity index (χ1n) is 4.47. The Balaban J connectivity index is 2.41. The zero-order valence-electron chi connectivity index (χ0n) is 7.85. The van der Waals surface area contributed by atoms with E-state index in [1.807, 2.05) is 0 Å². The van der Waals surface area contributed by atoms with Gasteiger partial charge < -0.3 is 10.6 Å². The van der Waals surface area contributed by atoms with Gasteiger partial charge in [0.05, 0.1) is 22.0 Å². The highest BCUT2D eigenvalue weighted by molar-refractivity contribution is 9.10. The molecule has 4 nitrogen and oxygen atoms in total. The standard InChI is InChI=1S/C9H10BrN3OS/c10-6-2-12-3-7(11)9(6)13-4-5(15)1-8(13)14/h2-3,5,15H,1,4,11H2. The summed E-state index contributed by atoms with van der Waals surface area (Å²) in [4.78, 5) is 17.3. The highest BCUT2D eigenvalue weighted by Crippen LogP contribution is 2.34. The minimum absolute atomic E-state index is 0.0496. The van der Waals surface area contributed by atoms with Crippen molar-refractivity contribution in [3.8, 4) is 0 Å². The number of rotatable bonds is 1. The second-order valence-corrected chi connectivity index (χ2v) is 5.01. The van der Waals surface area contributed by atoms with E-state index in [0.717, 1.165) is 4.47 Å². The lowest BCUT2D eigenvalue weighted by atomic mass is 10.3. The van der Waals surface area contributed by atoms with E-state index in [2.05, 4.69) is 33.5 Å². The zero-order chi connectivity index (χ0) is 11.0. The van der Waals surface area contributed by atoms with Crippen molar-refractivity contribution in [2.75, 3.05) is 17.2 Å². The predicted octanol–water partition coefficient (Wildman–Crippen LogP) is 1.46. The third kappa shape index (κ3) is 1.96. The molecule has 0 spiro atoms. The maximum Gasteiger partial charge on any atom is 0.228 e. The van der Waals surface area contributed by atoms with E-state index in [9.17, 15) is 4.79 Å². The van der Waals surface area contributed by atoms with Gasteiger partial charge in [-0.05, 0) is 15.9 Å². The van der Waals surface area contributed by atoms with E-state index in [1.165, 1.54) is 0 Å². The Morgan fingerprint density at radius 1 is 1.60 bits per heavy atom. The van der Waals surface area contributed by atoms with Crippen LogP contribution in [0.2, 0.25) is 0 Å². The van der Waals surface area contributed by atoms with Gasteiger partial charge in [-0.3, -0.25) is 9.78 Å². The molecular weight excluding hydrogens is 278 g/mol. The molecule has 1 amide bonds. The molecule has 2 N–H and O–H groups in total. The Bertz CT molecular complexity index is 392. The summed E-state index contributed by atoms with van der Waals surface area (Å²) in [6.07, 6.45) is 3.63. The summed E-state index contributed by atoms with van der Waals surface area (Å²) in [6.45, 7) is 0.592. The third-order valence-electron chi connectivity index (χ3n) is 2.28. The largest absolute Gasteiger partial charge is 0.396 e. The number of carbonyl (C=O) groups is 1. The van der Waals surface area contributed by atoms with Gasteiger partial charge in [-0.1, -0.05) is 0 Å². The maximum atomic E-state index is 11.7. The Kier molecular flexibility index (Phi) is 2.88. The van der Waals surface area contributed by atoms with Crippen molar-refractivity contribution in [2.24, 2.45) is 0 Å². The summed E-state index contributed by atoms with van der Waals surface area (Å²) in [6, 6.07) is 0. The van der Waals surface area contributed by atoms with Crippen LogP contribution < -0.4 is 10.6 Å². The van der Waals surface area contributed by atoms with Gasteiger partial charge in [-0.15, -0.1) is 0 Å². The van der Waals surface area contributed by atoms with Crippen LogP contribution >= 0.6 is 28.6 Å². The van der Waals surface area contributed by atoms with E-state index in [1.54, 1.807) is 17.3 Å². The Morgan fingerprint density at radius 3 is 2.87 bits per heavy atom. The summed E-state index contributed by atoms with van der Waals surface area (Å²) >= 11 is 7.64. The van der Waals surface area contributed by atoms with Crippen LogP contribution in [-0.2, 0) is 4.79 Å². The van der Waals surface area contributed by atoms with Gasteiger partial charge >= 0.3 is 0 Å². The Hall–Kier alpha value is -0.750. The van der Waals surface area contributed by atoms with Crippen LogP contribution in [-0.4, -0.2) is 22.7 Å². The molecule has 1 atom stereocenters. The summed E-state index contributed by atoms with van der Waals surface area (Å²) in [5.41, 5.74) is 7.00. The molecular formula is C9H10BrN3OS. The lowest BCUT2D eigenvalue weighted by Gasteiger charge is -2.19. The van der Waals surface area contributed by atoms with Crippen LogP contribution in [0.1, 0.15) is 6.42 Å². The van der Waals surface area contributed by atoms with E-state index in [4.69, 9.17) is 5.73 Å². The van der Waals surface area contributed by atoms with Crippen LogP contribution in [0.15, 0.2) is 16.9 Å². The van der Waals surface area contributed by atoms with Gasteiger partial charge in [0.2, 0.25) is 5.91 Å². The molecule has 15 heavy (non-hydrogen) atoms. The molecule has 0 aliphatic carbocycles. The van der Waals surface area contributed by atoms with Gasteiger partial charge in [0.1, 0.15) is 0 Å². The fraction of sp³-hybridized carbons (Fsp3) is 0.333. The molecule has 1 unspecified atom stereocenters. The summed E-state index contributed by atoms with van der Waals surface area (Å²) in [7, 11) is 0. The second kappa shape index (κ2) is 4.02. The van der Waals surface area contributed by atoms with Crippen LogP contribution in [0.3, 0.4) is 0 Å². The molecule has 80 valence electrons. The Labute approximate surface area is 101 Å². The van der Waals surface area contributed by atoms with E-state index in [-0.39, 0.29) is 11.2 Å². The van der Waals surface area contributed by atoms with Gasteiger partial charge in [-0.2, -0.15) is 12.6 Å². The zero-order valence-corrected chi connectivity index (χ0v) is 10.3. The minimum Gasteiger partial charge on any atom is -0.396 e. The number of hydrogen-bond acceptors (Lipinski definition) is 4. The smallest absolute Gasteiger partial charge is 0.228 e. The fourth-order valence-corrected chi connectivity index (χ4v) is 2.51. The van der Waals surface area contributed by atoms with Gasteiger partial charge in [-0.25, -0.2) is 0 Å². The molecule has 1 aliphatic rings. The topological polar surface area (TPSA) is 59.2 Å². The quantitative estimate of drug-likeness (QED) is 0.769. The van der Waals surface area contributed by atoms with Crippen LogP contribution in [0, 0.1) is 0 Å². The number of pyridine rings is 1. The first-order chi connectivity index (χ1) is 7.09. The molecule has 6 heteroatoms. The van der Waals surface area contributed by atoms with Gasteiger partial charge in [0, 0.05) is 24.4 Å². The molecule has 1 fully saturated rings. The van der Waals surface area contributed by atoms with E-state index < -0.39 is 0 Å².